The molecule has 3 aromatic rings. The number of nitrogens with one attached hydrogen (secondary N) is 1. The van der Waals surface area contributed by atoms with Crippen LogP contribution in [0, 0.1) is 6.92 Å². The van der Waals surface area contributed by atoms with E-state index in [9.17, 15) is 4.79 Å². The van der Waals surface area contributed by atoms with Crippen LogP contribution in [-0.2, 0) is 0 Å². The number of para-hydroxylation sites is 1. The van der Waals surface area contributed by atoms with Gasteiger partial charge in [0.1, 0.15) is 0 Å². The molecule has 27 heavy (non-hydrogen) atoms. The van der Waals surface area contributed by atoms with Gasteiger partial charge in [-0.1, -0.05) is 54.1 Å². The van der Waals surface area contributed by atoms with Crippen LogP contribution in [0.2, 0.25) is 5.02 Å². The predicted molar refractivity (Wildman–Crippen MR) is 112 cm³/mol. The zero-order valence-corrected chi connectivity index (χ0v) is 16.6. The Morgan fingerprint density at radius 2 is 1.74 bits per heavy atom. The third-order valence-corrected chi connectivity index (χ3v) is 4.82. The number of amides is 1. The van der Waals surface area contributed by atoms with Gasteiger partial charge in [-0.3, -0.25) is 4.79 Å². The van der Waals surface area contributed by atoms with E-state index in [-0.39, 0.29) is 5.91 Å². The average Bonchev–Trinajstić information content (AvgIpc) is 3.00. The number of hydrogen-bond donors (Lipinski definition) is 1. The largest absolute Gasteiger partial charge is 0.351 e. The van der Waals surface area contributed by atoms with Gasteiger partial charge in [0.05, 0.1) is 22.0 Å². The van der Waals surface area contributed by atoms with Gasteiger partial charge in [0.15, 0.2) is 0 Å². The van der Waals surface area contributed by atoms with Crippen LogP contribution in [-0.4, -0.2) is 42.6 Å². The smallest absolute Gasteiger partial charge is 0.253 e. The lowest BCUT2D eigenvalue weighted by molar-refractivity contribution is 0.0950. The van der Waals surface area contributed by atoms with Gasteiger partial charge in [-0.05, 0) is 44.8 Å². The second kappa shape index (κ2) is 8.42. The highest BCUT2D eigenvalue weighted by molar-refractivity contribution is 6.32. The summed E-state index contributed by atoms with van der Waals surface area (Å²) in [5, 5.41) is 3.65. The maximum absolute atomic E-state index is 12.8. The topological polar surface area (TPSA) is 37.3 Å². The van der Waals surface area contributed by atoms with Gasteiger partial charge in [-0.15, -0.1) is 0 Å². The third-order valence-electron chi connectivity index (χ3n) is 4.50. The van der Waals surface area contributed by atoms with Crippen molar-refractivity contribution >= 4 is 17.5 Å². The first-order chi connectivity index (χ1) is 13.0. The van der Waals surface area contributed by atoms with Crippen LogP contribution >= 0.6 is 11.6 Å². The van der Waals surface area contributed by atoms with E-state index in [1.165, 1.54) is 0 Å². The number of halogens is 1. The molecule has 140 valence electrons. The summed E-state index contributed by atoms with van der Waals surface area (Å²) in [6.45, 7) is 3.35. The van der Waals surface area contributed by atoms with Crippen molar-refractivity contribution in [2.75, 3.05) is 27.2 Å². The molecule has 1 aromatic heterocycles. The number of benzene rings is 2. The fraction of sp³-hybridized carbons (Fsp3) is 0.227. The molecule has 0 aliphatic rings. The van der Waals surface area contributed by atoms with E-state index < -0.39 is 0 Å². The van der Waals surface area contributed by atoms with Gasteiger partial charge in [0, 0.05) is 18.8 Å². The predicted octanol–water partition coefficient (Wildman–Crippen LogP) is 4.40. The summed E-state index contributed by atoms with van der Waals surface area (Å²) in [5.41, 5.74) is 4.37. The monoisotopic (exact) mass is 381 g/mol. The molecular weight excluding hydrogens is 358 g/mol. The van der Waals surface area contributed by atoms with Crippen molar-refractivity contribution < 1.29 is 4.79 Å². The van der Waals surface area contributed by atoms with Crippen molar-refractivity contribution in [3.8, 4) is 16.9 Å². The lowest BCUT2D eigenvalue weighted by atomic mass is 10.1. The molecule has 0 saturated carbocycles. The number of carbonyl (C=O) groups is 1. The number of aromatic nitrogens is 1. The zero-order chi connectivity index (χ0) is 19.4. The highest BCUT2D eigenvalue weighted by Crippen LogP contribution is 2.32. The van der Waals surface area contributed by atoms with E-state index in [0.717, 1.165) is 29.2 Å². The van der Waals surface area contributed by atoms with Crippen LogP contribution in [0.25, 0.3) is 16.9 Å². The van der Waals surface area contributed by atoms with Gasteiger partial charge >= 0.3 is 0 Å². The molecule has 4 nitrogen and oxygen atoms in total. The van der Waals surface area contributed by atoms with Crippen LogP contribution in [0.4, 0.5) is 0 Å². The van der Waals surface area contributed by atoms with Crippen molar-refractivity contribution in [1.82, 2.24) is 14.8 Å². The number of nitrogens with zero attached hydrogens (tertiary/aromatic N) is 2. The molecule has 0 radical (unpaired) electrons. The molecule has 0 aliphatic carbocycles. The Labute approximate surface area is 165 Å². The molecule has 0 fully saturated rings. The summed E-state index contributed by atoms with van der Waals surface area (Å²) in [7, 11) is 3.97. The minimum Gasteiger partial charge on any atom is -0.351 e. The molecule has 0 atom stereocenters. The van der Waals surface area contributed by atoms with Gasteiger partial charge < -0.3 is 14.8 Å². The fourth-order valence-corrected chi connectivity index (χ4v) is 3.31. The van der Waals surface area contributed by atoms with Crippen molar-refractivity contribution in [3.63, 3.8) is 0 Å². The summed E-state index contributed by atoms with van der Waals surface area (Å²) >= 11 is 6.47. The van der Waals surface area contributed by atoms with Crippen molar-refractivity contribution in [2.24, 2.45) is 0 Å². The van der Waals surface area contributed by atoms with Gasteiger partial charge in [-0.2, -0.15) is 0 Å². The summed E-state index contributed by atoms with van der Waals surface area (Å²) in [6, 6.07) is 19.7. The Kier molecular flexibility index (Phi) is 5.99. The second-order valence-corrected chi connectivity index (χ2v) is 7.15. The standard InChI is InChI=1S/C22H24ClN3O/c1-16-18(22(27)24-13-14-25(2)3)15-21(17-9-5-4-6-10-17)26(16)20-12-8-7-11-19(20)23/h4-12,15H,13-14H2,1-3H3,(H,24,27). The van der Waals surface area contributed by atoms with Crippen LogP contribution in [0.15, 0.2) is 60.7 Å². The van der Waals surface area contributed by atoms with E-state index in [2.05, 4.69) is 9.88 Å². The second-order valence-electron chi connectivity index (χ2n) is 6.74. The number of rotatable bonds is 6. The van der Waals surface area contributed by atoms with Gasteiger partial charge in [0.2, 0.25) is 0 Å². The van der Waals surface area contributed by atoms with E-state index in [0.29, 0.717) is 17.1 Å². The SMILES string of the molecule is Cc1c(C(=O)NCCN(C)C)cc(-c2ccccc2)n1-c1ccccc1Cl. The third kappa shape index (κ3) is 4.24. The number of hydrogen-bond acceptors (Lipinski definition) is 2. The number of likely N-dealkylation sites (N-methyl/N-ethyl adjacent to an activating group) is 1. The summed E-state index contributed by atoms with van der Waals surface area (Å²) in [4.78, 5) is 14.8. The highest BCUT2D eigenvalue weighted by Gasteiger charge is 2.20. The molecule has 2 aromatic carbocycles. The minimum absolute atomic E-state index is 0.0719. The van der Waals surface area contributed by atoms with E-state index in [4.69, 9.17) is 11.6 Å². The molecule has 1 N–H and O–H groups in total. The first kappa shape index (κ1) is 19.2. The fourth-order valence-electron chi connectivity index (χ4n) is 3.09. The van der Waals surface area contributed by atoms with Gasteiger partial charge in [-0.25, -0.2) is 0 Å². The molecule has 1 amide bonds. The van der Waals surface area contributed by atoms with Crippen molar-refractivity contribution in [2.45, 2.75) is 6.92 Å². The van der Waals surface area contributed by atoms with E-state index in [1.54, 1.807) is 0 Å². The molecule has 0 bridgehead atoms. The van der Waals surface area contributed by atoms with Crippen LogP contribution in [0.3, 0.4) is 0 Å². The Hall–Kier alpha value is -2.56. The Morgan fingerprint density at radius 3 is 2.41 bits per heavy atom. The Balaban J connectivity index is 2.07. The minimum atomic E-state index is -0.0719. The van der Waals surface area contributed by atoms with Crippen LogP contribution in [0.1, 0.15) is 16.1 Å². The summed E-state index contributed by atoms with van der Waals surface area (Å²) in [5.74, 6) is -0.0719. The quantitative estimate of drug-likeness (QED) is 0.687. The van der Waals surface area contributed by atoms with Crippen LogP contribution < -0.4 is 5.32 Å². The molecule has 0 spiro atoms. The lowest BCUT2D eigenvalue weighted by Crippen LogP contribution is -2.31. The van der Waals surface area contributed by atoms with Crippen molar-refractivity contribution in [3.05, 3.63) is 76.9 Å². The summed E-state index contributed by atoms with van der Waals surface area (Å²) < 4.78 is 2.05. The molecule has 5 heteroatoms. The van der Waals surface area contributed by atoms with Crippen molar-refractivity contribution in [1.29, 1.82) is 0 Å². The molecular formula is C22H24ClN3O. The first-order valence-corrected chi connectivity index (χ1v) is 9.32. The summed E-state index contributed by atoms with van der Waals surface area (Å²) in [6.07, 6.45) is 0. The molecule has 1 heterocycles. The average molecular weight is 382 g/mol. The van der Waals surface area contributed by atoms with E-state index >= 15 is 0 Å². The Morgan fingerprint density at radius 1 is 1.07 bits per heavy atom. The molecule has 0 saturated heterocycles. The maximum Gasteiger partial charge on any atom is 0.253 e. The number of carbonyl (C=O) groups excluding carboxylic acids is 1. The maximum atomic E-state index is 12.8. The normalized spacial score (nSPS) is 11.0. The van der Waals surface area contributed by atoms with Gasteiger partial charge in [0.25, 0.3) is 5.91 Å². The molecule has 0 aliphatic heterocycles. The molecule has 3 rings (SSSR count). The highest BCUT2D eigenvalue weighted by atomic mass is 35.5. The Bertz CT molecular complexity index is 932. The van der Waals surface area contributed by atoms with E-state index in [1.807, 2.05) is 86.6 Å². The first-order valence-electron chi connectivity index (χ1n) is 8.94. The lowest BCUT2D eigenvalue weighted by Gasteiger charge is -2.14. The zero-order valence-electron chi connectivity index (χ0n) is 15.9. The van der Waals surface area contributed by atoms with Crippen LogP contribution in [0.5, 0.6) is 0 Å². The molecule has 0 unspecified atom stereocenters.